The zero-order valence-corrected chi connectivity index (χ0v) is 14.1. The number of carbonyl (C=O) groups is 1. The second-order valence-corrected chi connectivity index (χ2v) is 5.35. The van der Waals surface area contributed by atoms with Gasteiger partial charge in [0, 0.05) is 6.54 Å². The summed E-state index contributed by atoms with van der Waals surface area (Å²) in [5.74, 6) is 0.578. The molecule has 2 N–H and O–H groups in total. The van der Waals surface area contributed by atoms with Crippen molar-refractivity contribution >= 4 is 23.2 Å². The molecule has 0 bridgehead atoms. The van der Waals surface area contributed by atoms with Crippen LogP contribution >= 0.6 is 11.6 Å². The van der Waals surface area contributed by atoms with E-state index in [0.29, 0.717) is 23.7 Å². The molecule has 24 heavy (non-hydrogen) atoms. The van der Waals surface area contributed by atoms with Crippen molar-refractivity contribution in [1.82, 2.24) is 5.32 Å². The first-order valence-corrected chi connectivity index (χ1v) is 7.58. The Hall–Kier alpha value is -2.47. The Kier molecular flexibility index (Phi) is 6.26. The van der Waals surface area contributed by atoms with Crippen molar-refractivity contribution < 1.29 is 18.7 Å². The number of rotatable bonds is 7. The molecule has 0 heterocycles. The molecule has 0 aliphatic carbocycles. The number of nitrogens with one attached hydrogen (secondary N) is 2. The molecule has 0 aromatic heterocycles. The lowest BCUT2D eigenvalue weighted by Crippen LogP contribution is -2.29. The SMILES string of the molecule is COc1ccc(CNC(=O)CNc2ccc(F)cc2Cl)cc1OC. The first-order valence-electron chi connectivity index (χ1n) is 7.20. The van der Waals surface area contributed by atoms with Crippen LogP contribution in [0, 0.1) is 5.82 Å². The predicted molar refractivity (Wildman–Crippen MR) is 91.3 cm³/mol. The first-order chi connectivity index (χ1) is 11.5. The number of hydrogen-bond acceptors (Lipinski definition) is 4. The lowest BCUT2D eigenvalue weighted by Gasteiger charge is -2.11. The molecular weight excluding hydrogens is 335 g/mol. The lowest BCUT2D eigenvalue weighted by molar-refractivity contribution is -0.119. The average Bonchev–Trinajstić information content (AvgIpc) is 2.58. The van der Waals surface area contributed by atoms with Gasteiger partial charge in [-0.1, -0.05) is 17.7 Å². The molecule has 0 radical (unpaired) electrons. The Balaban J connectivity index is 1.87. The fourth-order valence-electron chi connectivity index (χ4n) is 2.06. The minimum atomic E-state index is -0.427. The van der Waals surface area contributed by atoms with Crippen molar-refractivity contribution in [3.05, 3.63) is 52.8 Å². The van der Waals surface area contributed by atoms with Crippen LogP contribution in [-0.2, 0) is 11.3 Å². The highest BCUT2D eigenvalue weighted by Crippen LogP contribution is 2.27. The highest BCUT2D eigenvalue weighted by molar-refractivity contribution is 6.33. The zero-order valence-electron chi connectivity index (χ0n) is 13.4. The van der Waals surface area contributed by atoms with Crippen LogP contribution in [0.15, 0.2) is 36.4 Å². The highest BCUT2D eigenvalue weighted by Gasteiger charge is 2.07. The van der Waals surface area contributed by atoms with E-state index in [4.69, 9.17) is 21.1 Å². The van der Waals surface area contributed by atoms with Crippen molar-refractivity contribution in [2.24, 2.45) is 0 Å². The summed E-state index contributed by atoms with van der Waals surface area (Å²) in [5.41, 5.74) is 1.38. The minimum absolute atomic E-state index is 0.0264. The largest absolute Gasteiger partial charge is 0.493 e. The third kappa shape index (κ3) is 4.76. The van der Waals surface area contributed by atoms with Crippen LogP contribution in [0.3, 0.4) is 0 Å². The number of benzene rings is 2. The number of hydrogen-bond donors (Lipinski definition) is 2. The Morgan fingerprint density at radius 1 is 1.12 bits per heavy atom. The standard InChI is InChI=1S/C17H18ClFN2O3/c1-23-15-6-3-11(7-16(15)24-2)9-21-17(22)10-20-14-5-4-12(19)8-13(14)18/h3-8,20H,9-10H2,1-2H3,(H,21,22). The number of ether oxygens (including phenoxy) is 2. The third-order valence-corrected chi connectivity index (χ3v) is 3.62. The van der Waals surface area contributed by atoms with Gasteiger partial charge in [0.05, 0.1) is 31.5 Å². The van der Waals surface area contributed by atoms with E-state index in [2.05, 4.69) is 10.6 Å². The molecule has 0 aliphatic rings. The molecule has 0 fully saturated rings. The quantitative estimate of drug-likeness (QED) is 0.803. The average molecular weight is 353 g/mol. The molecular formula is C17H18ClFN2O3. The van der Waals surface area contributed by atoms with Crippen molar-refractivity contribution in [2.45, 2.75) is 6.54 Å². The molecule has 128 valence electrons. The van der Waals surface area contributed by atoms with Crippen LogP contribution in [-0.4, -0.2) is 26.7 Å². The minimum Gasteiger partial charge on any atom is -0.493 e. The Labute approximate surface area is 144 Å². The Morgan fingerprint density at radius 2 is 1.88 bits per heavy atom. The van der Waals surface area contributed by atoms with E-state index in [-0.39, 0.29) is 17.5 Å². The topological polar surface area (TPSA) is 59.6 Å². The molecule has 5 nitrogen and oxygen atoms in total. The molecule has 2 rings (SSSR count). The summed E-state index contributed by atoms with van der Waals surface area (Å²) in [5, 5.41) is 5.86. The van der Waals surface area contributed by atoms with Crippen molar-refractivity contribution in [3.8, 4) is 11.5 Å². The zero-order chi connectivity index (χ0) is 17.5. The van der Waals surface area contributed by atoms with Crippen molar-refractivity contribution in [3.63, 3.8) is 0 Å². The molecule has 0 saturated carbocycles. The van der Waals surface area contributed by atoms with Gasteiger partial charge in [0.15, 0.2) is 11.5 Å². The van der Waals surface area contributed by atoms with E-state index < -0.39 is 5.82 Å². The normalized spacial score (nSPS) is 10.2. The van der Waals surface area contributed by atoms with Gasteiger partial charge in [0.1, 0.15) is 5.82 Å². The van der Waals surface area contributed by atoms with Gasteiger partial charge in [0.2, 0.25) is 5.91 Å². The van der Waals surface area contributed by atoms with Crippen molar-refractivity contribution in [1.29, 1.82) is 0 Å². The summed E-state index contributed by atoms with van der Waals surface area (Å²) < 4.78 is 23.3. The van der Waals surface area contributed by atoms with Gasteiger partial charge in [-0.05, 0) is 35.9 Å². The molecule has 0 atom stereocenters. The summed E-state index contributed by atoms with van der Waals surface area (Å²) in [7, 11) is 3.11. The molecule has 7 heteroatoms. The van der Waals surface area contributed by atoms with E-state index in [9.17, 15) is 9.18 Å². The van der Waals surface area contributed by atoms with Gasteiger partial charge in [-0.15, -0.1) is 0 Å². The maximum absolute atomic E-state index is 13.0. The van der Waals surface area contributed by atoms with E-state index in [1.165, 1.54) is 18.2 Å². The van der Waals surface area contributed by atoms with E-state index in [0.717, 1.165) is 5.56 Å². The summed E-state index contributed by atoms with van der Waals surface area (Å²) in [6.07, 6.45) is 0. The van der Waals surface area contributed by atoms with Gasteiger partial charge >= 0.3 is 0 Å². The van der Waals surface area contributed by atoms with Crippen LogP contribution in [0.5, 0.6) is 11.5 Å². The van der Waals surface area contributed by atoms with Gasteiger partial charge in [-0.2, -0.15) is 0 Å². The van der Waals surface area contributed by atoms with Crippen LogP contribution in [0.1, 0.15) is 5.56 Å². The molecule has 1 amide bonds. The number of anilines is 1. The smallest absolute Gasteiger partial charge is 0.239 e. The maximum Gasteiger partial charge on any atom is 0.239 e. The second-order valence-electron chi connectivity index (χ2n) is 4.94. The van der Waals surface area contributed by atoms with E-state index >= 15 is 0 Å². The van der Waals surface area contributed by atoms with Crippen LogP contribution in [0.2, 0.25) is 5.02 Å². The monoisotopic (exact) mass is 352 g/mol. The Bertz CT molecular complexity index is 725. The molecule has 0 spiro atoms. The second kappa shape index (κ2) is 8.40. The molecule has 0 unspecified atom stereocenters. The lowest BCUT2D eigenvalue weighted by atomic mass is 10.2. The van der Waals surface area contributed by atoms with Gasteiger partial charge in [-0.3, -0.25) is 4.79 Å². The summed E-state index contributed by atoms with van der Waals surface area (Å²) in [4.78, 5) is 11.9. The fourth-order valence-corrected chi connectivity index (χ4v) is 2.30. The number of carbonyl (C=O) groups excluding carboxylic acids is 1. The maximum atomic E-state index is 13.0. The Morgan fingerprint density at radius 3 is 2.54 bits per heavy atom. The van der Waals surface area contributed by atoms with Gasteiger partial charge < -0.3 is 20.1 Å². The summed E-state index contributed by atoms with van der Waals surface area (Å²) in [6, 6.07) is 9.35. The van der Waals surface area contributed by atoms with E-state index in [1.54, 1.807) is 26.4 Å². The van der Waals surface area contributed by atoms with Crippen LogP contribution < -0.4 is 20.1 Å². The van der Waals surface area contributed by atoms with Crippen LogP contribution in [0.25, 0.3) is 0 Å². The van der Waals surface area contributed by atoms with E-state index in [1.807, 2.05) is 6.07 Å². The van der Waals surface area contributed by atoms with Crippen LogP contribution in [0.4, 0.5) is 10.1 Å². The third-order valence-electron chi connectivity index (χ3n) is 3.31. The predicted octanol–water partition coefficient (Wildman–Crippen LogP) is 3.22. The molecule has 2 aromatic rings. The summed E-state index contributed by atoms with van der Waals surface area (Å²) in [6.45, 7) is 0.372. The number of methoxy groups -OCH3 is 2. The number of halogens is 2. The number of amides is 1. The molecule has 2 aromatic carbocycles. The first kappa shape index (κ1) is 17.9. The van der Waals surface area contributed by atoms with Crippen molar-refractivity contribution in [2.75, 3.05) is 26.1 Å². The summed E-state index contributed by atoms with van der Waals surface area (Å²) >= 11 is 5.89. The van der Waals surface area contributed by atoms with Gasteiger partial charge in [-0.25, -0.2) is 4.39 Å². The van der Waals surface area contributed by atoms with Gasteiger partial charge in [0.25, 0.3) is 0 Å². The molecule has 0 saturated heterocycles. The molecule has 0 aliphatic heterocycles. The highest BCUT2D eigenvalue weighted by atomic mass is 35.5. The fraction of sp³-hybridized carbons (Fsp3) is 0.235.